The zero-order chi connectivity index (χ0) is 15.0. The highest BCUT2D eigenvalue weighted by Gasteiger charge is 2.40. The highest BCUT2D eigenvalue weighted by atomic mass is 16.5. The Morgan fingerprint density at radius 3 is 2.76 bits per heavy atom. The van der Waals surface area contributed by atoms with Crippen LogP contribution >= 0.6 is 0 Å². The first-order chi connectivity index (χ1) is 10.3. The molecule has 0 bridgehead atoms. The van der Waals surface area contributed by atoms with E-state index in [0.717, 1.165) is 51.9 Å². The molecule has 3 N–H and O–H groups in total. The molecule has 2 aliphatic heterocycles. The van der Waals surface area contributed by atoms with E-state index in [4.69, 9.17) is 24.8 Å². The van der Waals surface area contributed by atoms with Gasteiger partial charge in [0.25, 0.3) is 0 Å². The van der Waals surface area contributed by atoms with Crippen LogP contribution in [0.5, 0.6) is 0 Å². The zero-order valence-corrected chi connectivity index (χ0v) is 13.1. The van der Waals surface area contributed by atoms with Gasteiger partial charge in [-0.15, -0.1) is 0 Å². The maximum absolute atomic E-state index is 6.09. The summed E-state index contributed by atoms with van der Waals surface area (Å²) in [5.41, 5.74) is 3.01. The summed E-state index contributed by atoms with van der Waals surface area (Å²) in [5.74, 6) is 6.32. The maximum atomic E-state index is 6.09. The molecule has 21 heavy (non-hydrogen) atoms. The lowest BCUT2D eigenvalue weighted by Crippen LogP contribution is -2.51. The molecule has 2 atom stereocenters. The van der Waals surface area contributed by atoms with E-state index in [2.05, 4.69) is 5.43 Å². The Labute approximate surface area is 127 Å². The number of hydrogen-bond acceptors (Lipinski definition) is 6. The highest BCUT2D eigenvalue weighted by molar-refractivity contribution is 4.92. The van der Waals surface area contributed by atoms with Crippen molar-refractivity contribution in [3.8, 4) is 0 Å². The summed E-state index contributed by atoms with van der Waals surface area (Å²) in [6.07, 6.45) is 5.08. The summed E-state index contributed by atoms with van der Waals surface area (Å²) in [5, 5.41) is 0. The van der Waals surface area contributed by atoms with Gasteiger partial charge in [0.15, 0.2) is 0 Å². The van der Waals surface area contributed by atoms with Gasteiger partial charge in [-0.05, 0) is 38.0 Å². The first kappa shape index (κ1) is 17.1. The van der Waals surface area contributed by atoms with Gasteiger partial charge < -0.3 is 18.9 Å². The van der Waals surface area contributed by atoms with Crippen molar-refractivity contribution in [3.63, 3.8) is 0 Å². The van der Waals surface area contributed by atoms with Crippen LogP contribution in [-0.2, 0) is 18.9 Å². The van der Waals surface area contributed by atoms with Crippen LogP contribution in [0.1, 0.15) is 32.1 Å². The van der Waals surface area contributed by atoms with Gasteiger partial charge in [-0.25, -0.2) is 0 Å². The summed E-state index contributed by atoms with van der Waals surface area (Å²) in [6.45, 7) is 4.45. The topological polar surface area (TPSA) is 75.0 Å². The Bertz CT molecular complexity index is 279. The molecule has 2 heterocycles. The van der Waals surface area contributed by atoms with Crippen LogP contribution in [0, 0.1) is 5.92 Å². The smallest absolute Gasteiger partial charge is 0.0729 e. The molecule has 1 spiro atoms. The third-order valence-electron chi connectivity index (χ3n) is 4.72. The summed E-state index contributed by atoms with van der Waals surface area (Å²) in [6, 6.07) is 0.288. The van der Waals surface area contributed by atoms with Gasteiger partial charge in [-0.1, -0.05) is 0 Å². The summed E-state index contributed by atoms with van der Waals surface area (Å²) in [7, 11) is 1.68. The van der Waals surface area contributed by atoms with E-state index >= 15 is 0 Å². The van der Waals surface area contributed by atoms with Crippen LogP contribution in [0.15, 0.2) is 0 Å². The van der Waals surface area contributed by atoms with E-state index in [1.54, 1.807) is 7.11 Å². The fraction of sp³-hybridized carbons (Fsp3) is 1.00. The molecule has 2 rings (SSSR count). The molecule has 0 aliphatic carbocycles. The van der Waals surface area contributed by atoms with E-state index in [1.165, 1.54) is 0 Å². The molecular weight excluding hydrogens is 272 g/mol. The standard InChI is InChI=1S/C15H30N2O4/c1-18-10-11-19-6-3-14(17-16)13-2-7-21-15(12-13)4-8-20-9-5-15/h13-14,17H,2-12,16H2,1H3. The maximum Gasteiger partial charge on any atom is 0.0729 e. The molecule has 6 nitrogen and oxygen atoms in total. The van der Waals surface area contributed by atoms with Crippen LogP contribution in [0.3, 0.4) is 0 Å². The van der Waals surface area contributed by atoms with Gasteiger partial charge in [-0.3, -0.25) is 11.3 Å². The number of hydrogen-bond donors (Lipinski definition) is 2. The van der Waals surface area contributed by atoms with E-state index < -0.39 is 0 Å². The van der Waals surface area contributed by atoms with Crippen molar-refractivity contribution in [1.82, 2.24) is 5.43 Å². The Morgan fingerprint density at radius 1 is 1.24 bits per heavy atom. The van der Waals surface area contributed by atoms with Gasteiger partial charge in [0.1, 0.15) is 0 Å². The van der Waals surface area contributed by atoms with Crippen LogP contribution in [0.4, 0.5) is 0 Å². The van der Waals surface area contributed by atoms with Gasteiger partial charge in [-0.2, -0.15) is 0 Å². The molecule has 0 aromatic carbocycles. The summed E-state index contributed by atoms with van der Waals surface area (Å²) < 4.78 is 22.1. The molecule has 2 aliphatic rings. The Hall–Kier alpha value is -0.240. The number of methoxy groups -OCH3 is 1. The van der Waals surface area contributed by atoms with Gasteiger partial charge in [0, 0.05) is 39.6 Å². The second-order valence-electron chi connectivity index (χ2n) is 6.06. The van der Waals surface area contributed by atoms with Crippen molar-refractivity contribution in [2.75, 3.05) is 46.8 Å². The predicted molar refractivity (Wildman–Crippen MR) is 79.9 cm³/mol. The molecule has 0 radical (unpaired) electrons. The molecule has 0 saturated carbocycles. The van der Waals surface area contributed by atoms with Crippen LogP contribution in [-0.4, -0.2) is 58.4 Å². The number of nitrogens with one attached hydrogen (secondary N) is 1. The van der Waals surface area contributed by atoms with Crippen LogP contribution in [0.25, 0.3) is 0 Å². The van der Waals surface area contributed by atoms with Crippen molar-refractivity contribution in [2.24, 2.45) is 11.8 Å². The lowest BCUT2D eigenvalue weighted by molar-refractivity contribution is -0.150. The van der Waals surface area contributed by atoms with Gasteiger partial charge >= 0.3 is 0 Å². The molecule has 2 unspecified atom stereocenters. The van der Waals surface area contributed by atoms with Crippen molar-refractivity contribution >= 4 is 0 Å². The van der Waals surface area contributed by atoms with Crippen LogP contribution in [0.2, 0.25) is 0 Å². The third kappa shape index (κ3) is 5.16. The lowest BCUT2D eigenvalue weighted by Gasteiger charge is -2.45. The Morgan fingerprint density at radius 2 is 2.05 bits per heavy atom. The molecule has 0 aromatic heterocycles. The second kappa shape index (κ2) is 9.02. The molecule has 2 saturated heterocycles. The first-order valence-electron chi connectivity index (χ1n) is 8.04. The number of nitrogens with two attached hydrogens (primary N) is 1. The SMILES string of the molecule is COCCOCCC(NN)C1CCOC2(CCOCC2)C1. The van der Waals surface area contributed by atoms with Crippen molar-refractivity contribution in [1.29, 1.82) is 0 Å². The minimum Gasteiger partial charge on any atom is -0.382 e. The quantitative estimate of drug-likeness (QED) is 0.393. The normalized spacial score (nSPS) is 26.9. The summed E-state index contributed by atoms with van der Waals surface area (Å²) >= 11 is 0. The molecule has 2 fully saturated rings. The average molecular weight is 302 g/mol. The predicted octanol–water partition coefficient (Wildman–Crippen LogP) is 0.847. The van der Waals surface area contributed by atoms with E-state index in [-0.39, 0.29) is 11.6 Å². The van der Waals surface area contributed by atoms with Gasteiger partial charge in [0.2, 0.25) is 0 Å². The fourth-order valence-corrected chi connectivity index (χ4v) is 3.41. The number of hydrazine groups is 1. The van der Waals surface area contributed by atoms with E-state index in [0.29, 0.717) is 25.7 Å². The fourth-order valence-electron chi connectivity index (χ4n) is 3.41. The van der Waals surface area contributed by atoms with Crippen LogP contribution < -0.4 is 11.3 Å². The summed E-state index contributed by atoms with van der Waals surface area (Å²) in [4.78, 5) is 0. The lowest BCUT2D eigenvalue weighted by atomic mass is 9.77. The Balaban J connectivity index is 1.77. The monoisotopic (exact) mass is 302 g/mol. The van der Waals surface area contributed by atoms with Crippen molar-refractivity contribution in [3.05, 3.63) is 0 Å². The minimum atomic E-state index is 0.0210. The Kier molecular flexibility index (Phi) is 7.36. The molecule has 124 valence electrons. The highest BCUT2D eigenvalue weighted by Crippen LogP contribution is 2.38. The zero-order valence-electron chi connectivity index (χ0n) is 13.1. The molecule has 0 aromatic rings. The van der Waals surface area contributed by atoms with E-state index in [1.807, 2.05) is 0 Å². The van der Waals surface area contributed by atoms with Crippen molar-refractivity contribution < 1.29 is 18.9 Å². The molecule has 6 heteroatoms. The average Bonchev–Trinajstić information content (AvgIpc) is 2.52. The second-order valence-corrected chi connectivity index (χ2v) is 6.06. The van der Waals surface area contributed by atoms with Gasteiger partial charge in [0.05, 0.1) is 18.8 Å². The van der Waals surface area contributed by atoms with Crippen molar-refractivity contribution in [2.45, 2.75) is 43.7 Å². The third-order valence-corrected chi connectivity index (χ3v) is 4.72. The minimum absolute atomic E-state index is 0.0210. The molecular formula is C15H30N2O4. The molecule has 0 amide bonds. The first-order valence-corrected chi connectivity index (χ1v) is 8.04. The number of ether oxygens (including phenoxy) is 4. The largest absolute Gasteiger partial charge is 0.382 e. The number of rotatable bonds is 8. The van der Waals surface area contributed by atoms with E-state index in [9.17, 15) is 0 Å².